The summed E-state index contributed by atoms with van der Waals surface area (Å²) in [6.07, 6.45) is 4.51. The molecule has 0 atom stereocenters. The summed E-state index contributed by atoms with van der Waals surface area (Å²) >= 11 is 6.11. The molecule has 0 saturated carbocycles. The van der Waals surface area contributed by atoms with Crippen LogP contribution in [-0.2, 0) is 0 Å². The maximum Gasteiger partial charge on any atom is 0.255 e. The maximum atomic E-state index is 12.6. The number of nitrogens with one attached hydrogen (secondary N) is 1. The number of fused-ring (bicyclic) bond motifs is 1. The van der Waals surface area contributed by atoms with Crippen LogP contribution in [0, 0.1) is 0 Å². The lowest BCUT2D eigenvalue weighted by Gasteiger charge is -2.12. The Morgan fingerprint density at radius 2 is 1.86 bits per heavy atom. The molecule has 0 fully saturated rings. The third kappa shape index (κ3) is 4.76. The van der Waals surface area contributed by atoms with Gasteiger partial charge in [0.15, 0.2) is 0 Å². The van der Waals surface area contributed by atoms with Gasteiger partial charge in [-0.05, 0) is 48.9 Å². The van der Waals surface area contributed by atoms with Crippen LogP contribution in [-0.4, -0.2) is 17.6 Å². The van der Waals surface area contributed by atoms with Gasteiger partial charge in [-0.2, -0.15) is 0 Å². The zero-order valence-electron chi connectivity index (χ0n) is 15.9. The van der Waals surface area contributed by atoms with Gasteiger partial charge in [0, 0.05) is 16.3 Å². The second-order valence-electron chi connectivity index (χ2n) is 6.69. The minimum atomic E-state index is -0.291. The largest absolute Gasteiger partial charge is 0.507 e. The van der Waals surface area contributed by atoms with Gasteiger partial charge >= 0.3 is 0 Å². The predicted octanol–water partition coefficient (Wildman–Crippen LogP) is 6.41. The number of anilines is 1. The van der Waals surface area contributed by atoms with E-state index in [9.17, 15) is 9.90 Å². The van der Waals surface area contributed by atoms with Crippen LogP contribution in [0.25, 0.3) is 10.8 Å². The summed E-state index contributed by atoms with van der Waals surface area (Å²) in [6, 6.07) is 15.6. The van der Waals surface area contributed by atoms with Crippen molar-refractivity contribution in [3.8, 4) is 11.5 Å². The number of hydrogen-bond donors (Lipinski definition) is 2. The number of benzene rings is 3. The quantitative estimate of drug-likeness (QED) is 0.432. The minimum Gasteiger partial charge on any atom is -0.507 e. The Morgan fingerprint density at radius 3 is 2.64 bits per heavy atom. The van der Waals surface area contributed by atoms with Gasteiger partial charge in [-0.25, -0.2) is 0 Å². The lowest BCUT2D eigenvalue weighted by Crippen LogP contribution is -2.12. The molecule has 0 aliphatic carbocycles. The SMILES string of the molecule is CCCCCCOc1ccc(O)c2cc(C(=O)Nc3ccccc3Cl)ccc12. The fraction of sp³-hybridized carbons (Fsp3) is 0.261. The highest BCUT2D eigenvalue weighted by atomic mass is 35.5. The van der Waals surface area contributed by atoms with Crippen molar-refractivity contribution in [3.63, 3.8) is 0 Å². The van der Waals surface area contributed by atoms with E-state index in [-0.39, 0.29) is 11.7 Å². The Morgan fingerprint density at radius 1 is 1.04 bits per heavy atom. The summed E-state index contributed by atoms with van der Waals surface area (Å²) < 4.78 is 5.90. The number of phenols is 1. The van der Waals surface area contributed by atoms with E-state index in [0.717, 1.165) is 18.2 Å². The molecule has 0 spiro atoms. The van der Waals surface area contributed by atoms with Gasteiger partial charge < -0.3 is 15.2 Å². The van der Waals surface area contributed by atoms with E-state index in [1.165, 1.54) is 12.8 Å². The van der Waals surface area contributed by atoms with Crippen LogP contribution in [0.15, 0.2) is 54.6 Å². The van der Waals surface area contributed by atoms with Crippen molar-refractivity contribution in [2.45, 2.75) is 32.6 Å². The first kappa shape index (κ1) is 20.0. The monoisotopic (exact) mass is 397 g/mol. The van der Waals surface area contributed by atoms with Crippen molar-refractivity contribution in [3.05, 3.63) is 65.2 Å². The number of carbonyl (C=O) groups excluding carboxylic acids is 1. The molecule has 1 amide bonds. The van der Waals surface area contributed by atoms with E-state index in [0.29, 0.717) is 34.0 Å². The van der Waals surface area contributed by atoms with Gasteiger partial charge in [-0.15, -0.1) is 0 Å². The van der Waals surface area contributed by atoms with E-state index in [4.69, 9.17) is 16.3 Å². The Bertz CT molecular complexity index is 971. The molecule has 0 unspecified atom stereocenters. The second-order valence-corrected chi connectivity index (χ2v) is 7.09. The molecule has 3 aromatic carbocycles. The van der Waals surface area contributed by atoms with Crippen LogP contribution in [0.2, 0.25) is 5.02 Å². The Balaban J connectivity index is 1.80. The molecule has 146 valence electrons. The van der Waals surface area contributed by atoms with Crippen LogP contribution >= 0.6 is 11.6 Å². The first-order valence-corrected chi connectivity index (χ1v) is 9.92. The molecular weight excluding hydrogens is 374 g/mol. The van der Waals surface area contributed by atoms with Crippen LogP contribution in [0.5, 0.6) is 11.5 Å². The molecule has 5 heteroatoms. The van der Waals surface area contributed by atoms with E-state index in [2.05, 4.69) is 12.2 Å². The summed E-state index contributed by atoms with van der Waals surface area (Å²) in [4.78, 5) is 12.6. The third-order valence-corrected chi connectivity index (χ3v) is 4.92. The molecule has 3 aromatic rings. The summed E-state index contributed by atoms with van der Waals surface area (Å²) in [5, 5.41) is 14.9. The number of hydrogen-bond acceptors (Lipinski definition) is 3. The van der Waals surface area contributed by atoms with E-state index in [1.54, 1.807) is 54.6 Å². The average molecular weight is 398 g/mol. The van der Waals surface area contributed by atoms with E-state index in [1.807, 2.05) is 0 Å². The number of rotatable bonds is 8. The number of aromatic hydroxyl groups is 1. The molecule has 3 rings (SSSR count). The maximum absolute atomic E-state index is 12.6. The fourth-order valence-corrected chi connectivity index (χ4v) is 3.22. The third-order valence-electron chi connectivity index (χ3n) is 4.59. The molecule has 0 heterocycles. The summed E-state index contributed by atoms with van der Waals surface area (Å²) in [5.41, 5.74) is 0.977. The van der Waals surface area contributed by atoms with Gasteiger partial charge in [0.25, 0.3) is 5.91 Å². The van der Waals surface area contributed by atoms with Crippen molar-refractivity contribution in [1.82, 2.24) is 0 Å². The highest BCUT2D eigenvalue weighted by Crippen LogP contribution is 2.33. The van der Waals surface area contributed by atoms with Crippen LogP contribution in [0.3, 0.4) is 0 Å². The zero-order chi connectivity index (χ0) is 19.9. The molecule has 0 radical (unpaired) electrons. The van der Waals surface area contributed by atoms with Gasteiger partial charge in [-0.3, -0.25) is 4.79 Å². The lowest BCUT2D eigenvalue weighted by atomic mass is 10.0. The van der Waals surface area contributed by atoms with Crippen molar-refractivity contribution >= 4 is 34.0 Å². The Kier molecular flexibility index (Phi) is 6.77. The predicted molar refractivity (Wildman–Crippen MR) is 115 cm³/mol. The standard InChI is InChI=1S/C23H24ClNO3/c1-2-3-4-7-14-28-22-13-12-21(26)18-15-16(10-11-17(18)22)23(27)25-20-9-6-5-8-19(20)24/h5-6,8-13,15,26H,2-4,7,14H2,1H3,(H,25,27). The Hall–Kier alpha value is -2.72. The first-order chi connectivity index (χ1) is 13.6. The topological polar surface area (TPSA) is 58.6 Å². The van der Waals surface area contributed by atoms with Gasteiger partial charge in [0.2, 0.25) is 0 Å². The number of ether oxygens (including phenoxy) is 1. The van der Waals surface area contributed by atoms with Crippen molar-refractivity contribution < 1.29 is 14.6 Å². The second kappa shape index (κ2) is 9.47. The first-order valence-electron chi connectivity index (χ1n) is 9.54. The number of carbonyl (C=O) groups is 1. The molecule has 0 bridgehead atoms. The van der Waals surface area contributed by atoms with Gasteiger partial charge in [-0.1, -0.05) is 49.9 Å². The molecule has 0 saturated heterocycles. The average Bonchev–Trinajstić information content (AvgIpc) is 2.71. The van der Waals surface area contributed by atoms with Crippen LogP contribution < -0.4 is 10.1 Å². The lowest BCUT2D eigenvalue weighted by molar-refractivity contribution is 0.102. The van der Waals surface area contributed by atoms with Crippen LogP contribution in [0.4, 0.5) is 5.69 Å². The summed E-state index contributed by atoms with van der Waals surface area (Å²) in [7, 11) is 0. The molecule has 4 nitrogen and oxygen atoms in total. The zero-order valence-corrected chi connectivity index (χ0v) is 16.6. The highest BCUT2D eigenvalue weighted by Gasteiger charge is 2.12. The van der Waals surface area contributed by atoms with E-state index < -0.39 is 0 Å². The van der Waals surface area contributed by atoms with Crippen molar-refractivity contribution in [2.75, 3.05) is 11.9 Å². The minimum absolute atomic E-state index is 0.112. The summed E-state index contributed by atoms with van der Waals surface area (Å²) in [5.74, 6) is 0.531. The van der Waals surface area contributed by atoms with Gasteiger partial charge in [0.05, 0.1) is 17.3 Å². The number of para-hydroxylation sites is 1. The Labute approximate surface area is 170 Å². The van der Waals surface area contributed by atoms with Crippen LogP contribution in [0.1, 0.15) is 43.0 Å². The number of halogens is 1. The fourth-order valence-electron chi connectivity index (χ4n) is 3.04. The number of amides is 1. The van der Waals surface area contributed by atoms with Crippen molar-refractivity contribution in [1.29, 1.82) is 0 Å². The number of unbranched alkanes of at least 4 members (excludes halogenated alkanes) is 3. The summed E-state index contributed by atoms with van der Waals surface area (Å²) in [6.45, 7) is 2.81. The van der Waals surface area contributed by atoms with Crippen molar-refractivity contribution in [2.24, 2.45) is 0 Å². The highest BCUT2D eigenvalue weighted by molar-refractivity contribution is 6.33. The molecular formula is C23H24ClNO3. The molecule has 0 aromatic heterocycles. The normalized spacial score (nSPS) is 10.8. The molecule has 0 aliphatic rings. The van der Waals surface area contributed by atoms with Gasteiger partial charge in [0.1, 0.15) is 11.5 Å². The smallest absolute Gasteiger partial charge is 0.255 e. The molecule has 28 heavy (non-hydrogen) atoms. The molecule has 0 aliphatic heterocycles. The van der Waals surface area contributed by atoms with E-state index >= 15 is 0 Å². The number of phenolic OH excluding ortho intramolecular Hbond substituents is 1. The molecule has 2 N–H and O–H groups in total.